The van der Waals surface area contributed by atoms with Gasteiger partial charge in [0.05, 0.1) is 0 Å². The van der Waals surface area contributed by atoms with Crippen molar-refractivity contribution in [1.82, 2.24) is 5.32 Å². The Balaban J connectivity index is 1.95. The van der Waals surface area contributed by atoms with E-state index in [4.69, 9.17) is 0 Å². The van der Waals surface area contributed by atoms with Gasteiger partial charge in [0.1, 0.15) is 0 Å². The highest BCUT2D eigenvalue weighted by Crippen LogP contribution is 2.30. The molecule has 0 bridgehead atoms. The lowest BCUT2D eigenvalue weighted by atomic mass is 9.90. The summed E-state index contributed by atoms with van der Waals surface area (Å²) in [6, 6.07) is 8.69. The Kier molecular flexibility index (Phi) is 3.72. The van der Waals surface area contributed by atoms with Crippen LogP contribution in [0, 0.1) is 5.41 Å². The Morgan fingerprint density at radius 1 is 1.29 bits per heavy atom. The molecule has 1 aromatic carbocycles. The first kappa shape index (κ1) is 12.4. The lowest BCUT2D eigenvalue weighted by molar-refractivity contribution is 0.371. The molecule has 0 aromatic heterocycles. The summed E-state index contributed by atoms with van der Waals surface area (Å²) in [5, 5.41) is 7.08. The molecule has 0 saturated heterocycles. The molecular formula is C15H24N2. The van der Waals surface area contributed by atoms with Crippen molar-refractivity contribution in [2.75, 3.05) is 25.0 Å². The van der Waals surface area contributed by atoms with Gasteiger partial charge in [-0.15, -0.1) is 0 Å². The summed E-state index contributed by atoms with van der Waals surface area (Å²) in [5.74, 6) is 0.662. The SMILES string of the molecule is CC(C)(C)CNCC1CCNc2ccccc21. The largest absolute Gasteiger partial charge is 0.385 e. The minimum atomic E-state index is 0.367. The van der Waals surface area contributed by atoms with Gasteiger partial charge in [0.2, 0.25) is 0 Å². The number of anilines is 1. The highest BCUT2D eigenvalue weighted by molar-refractivity contribution is 5.54. The van der Waals surface area contributed by atoms with Crippen LogP contribution >= 0.6 is 0 Å². The Morgan fingerprint density at radius 2 is 2.06 bits per heavy atom. The molecule has 1 aromatic rings. The summed E-state index contributed by atoms with van der Waals surface area (Å²) in [7, 11) is 0. The minimum Gasteiger partial charge on any atom is -0.385 e. The van der Waals surface area contributed by atoms with Gasteiger partial charge >= 0.3 is 0 Å². The summed E-state index contributed by atoms with van der Waals surface area (Å²) >= 11 is 0. The molecule has 0 fully saturated rings. The van der Waals surface area contributed by atoms with Crippen LogP contribution in [0.5, 0.6) is 0 Å². The van der Waals surface area contributed by atoms with E-state index in [1.54, 1.807) is 0 Å². The van der Waals surface area contributed by atoms with Crippen LogP contribution in [0.4, 0.5) is 5.69 Å². The van der Waals surface area contributed by atoms with Crippen LogP contribution in [0.15, 0.2) is 24.3 Å². The van der Waals surface area contributed by atoms with E-state index < -0.39 is 0 Å². The molecule has 2 heteroatoms. The van der Waals surface area contributed by atoms with Gasteiger partial charge in [0.25, 0.3) is 0 Å². The number of rotatable bonds is 3. The van der Waals surface area contributed by atoms with Crippen molar-refractivity contribution in [3.8, 4) is 0 Å². The highest BCUT2D eigenvalue weighted by Gasteiger charge is 2.19. The van der Waals surface area contributed by atoms with Gasteiger partial charge in [0.15, 0.2) is 0 Å². The lowest BCUT2D eigenvalue weighted by Crippen LogP contribution is -2.32. The predicted octanol–water partition coefficient (Wildman–Crippen LogP) is 3.22. The molecule has 1 heterocycles. The van der Waals surface area contributed by atoms with Crippen molar-refractivity contribution in [3.63, 3.8) is 0 Å². The first-order valence-corrected chi connectivity index (χ1v) is 6.60. The molecular weight excluding hydrogens is 208 g/mol. The number of benzene rings is 1. The Labute approximate surface area is 105 Å². The topological polar surface area (TPSA) is 24.1 Å². The van der Waals surface area contributed by atoms with E-state index in [0.29, 0.717) is 11.3 Å². The standard InChI is InChI=1S/C15H24N2/c1-15(2,3)11-16-10-12-8-9-17-14-7-5-4-6-13(12)14/h4-7,12,16-17H,8-11H2,1-3H3. The fourth-order valence-corrected chi connectivity index (χ4v) is 2.38. The summed E-state index contributed by atoms with van der Waals surface area (Å²) in [6.45, 7) is 10.1. The maximum atomic E-state index is 3.61. The van der Waals surface area contributed by atoms with E-state index >= 15 is 0 Å². The monoisotopic (exact) mass is 232 g/mol. The molecule has 94 valence electrons. The van der Waals surface area contributed by atoms with E-state index in [1.807, 2.05) is 0 Å². The quantitative estimate of drug-likeness (QED) is 0.836. The zero-order valence-electron chi connectivity index (χ0n) is 11.2. The minimum absolute atomic E-state index is 0.367. The molecule has 0 spiro atoms. The summed E-state index contributed by atoms with van der Waals surface area (Å²) in [6.07, 6.45) is 1.23. The van der Waals surface area contributed by atoms with Crippen molar-refractivity contribution < 1.29 is 0 Å². The lowest BCUT2D eigenvalue weighted by Gasteiger charge is -2.28. The van der Waals surface area contributed by atoms with E-state index in [-0.39, 0.29) is 0 Å². The summed E-state index contributed by atoms with van der Waals surface area (Å²) < 4.78 is 0. The zero-order valence-corrected chi connectivity index (χ0v) is 11.2. The zero-order chi connectivity index (χ0) is 12.3. The molecule has 0 aliphatic carbocycles. The maximum Gasteiger partial charge on any atom is 0.0376 e. The summed E-state index contributed by atoms with van der Waals surface area (Å²) in [4.78, 5) is 0. The molecule has 1 atom stereocenters. The second kappa shape index (κ2) is 5.09. The Bertz CT molecular complexity index is 365. The number of fused-ring (bicyclic) bond motifs is 1. The Morgan fingerprint density at radius 3 is 2.82 bits per heavy atom. The number of para-hydroxylation sites is 1. The molecule has 1 aliphatic rings. The van der Waals surface area contributed by atoms with Crippen molar-refractivity contribution >= 4 is 5.69 Å². The van der Waals surface area contributed by atoms with Crippen molar-refractivity contribution in [3.05, 3.63) is 29.8 Å². The number of hydrogen-bond donors (Lipinski definition) is 2. The average Bonchev–Trinajstić information content (AvgIpc) is 2.28. The van der Waals surface area contributed by atoms with Gasteiger partial charge in [-0.05, 0) is 23.5 Å². The van der Waals surface area contributed by atoms with Crippen LogP contribution in [0.1, 0.15) is 38.7 Å². The normalized spacial score (nSPS) is 19.6. The predicted molar refractivity (Wildman–Crippen MR) is 74.6 cm³/mol. The molecule has 0 saturated carbocycles. The number of hydrogen-bond acceptors (Lipinski definition) is 2. The average molecular weight is 232 g/mol. The van der Waals surface area contributed by atoms with Gasteiger partial charge < -0.3 is 10.6 Å². The van der Waals surface area contributed by atoms with Crippen molar-refractivity contribution in [1.29, 1.82) is 0 Å². The molecule has 17 heavy (non-hydrogen) atoms. The molecule has 2 rings (SSSR count). The van der Waals surface area contributed by atoms with Crippen LogP contribution in [0.3, 0.4) is 0 Å². The molecule has 0 amide bonds. The molecule has 0 radical (unpaired) electrons. The first-order chi connectivity index (χ1) is 8.06. The maximum absolute atomic E-state index is 3.61. The second-order valence-electron chi connectivity index (χ2n) is 6.19. The van der Waals surface area contributed by atoms with Crippen molar-refractivity contribution in [2.24, 2.45) is 5.41 Å². The van der Waals surface area contributed by atoms with Gasteiger partial charge in [-0.3, -0.25) is 0 Å². The van der Waals surface area contributed by atoms with Crippen LogP contribution < -0.4 is 10.6 Å². The van der Waals surface area contributed by atoms with Crippen molar-refractivity contribution in [2.45, 2.75) is 33.1 Å². The van der Waals surface area contributed by atoms with Gasteiger partial charge in [-0.2, -0.15) is 0 Å². The Hall–Kier alpha value is -1.02. The molecule has 2 nitrogen and oxygen atoms in total. The fraction of sp³-hybridized carbons (Fsp3) is 0.600. The van der Waals surface area contributed by atoms with Gasteiger partial charge in [-0.1, -0.05) is 39.0 Å². The van der Waals surface area contributed by atoms with E-state index in [2.05, 4.69) is 55.7 Å². The third-order valence-electron chi connectivity index (χ3n) is 3.25. The van der Waals surface area contributed by atoms with Crippen LogP contribution in [-0.2, 0) is 0 Å². The molecule has 2 N–H and O–H groups in total. The van der Waals surface area contributed by atoms with Crippen LogP contribution in [0.2, 0.25) is 0 Å². The number of nitrogens with one attached hydrogen (secondary N) is 2. The summed E-state index contributed by atoms with van der Waals surface area (Å²) in [5.41, 5.74) is 3.16. The smallest absolute Gasteiger partial charge is 0.0376 e. The third-order valence-corrected chi connectivity index (χ3v) is 3.25. The third kappa shape index (κ3) is 3.47. The highest BCUT2D eigenvalue weighted by atomic mass is 14.9. The second-order valence-corrected chi connectivity index (χ2v) is 6.19. The van der Waals surface area contributed by atoms with Gasteiger partial charge in [-0.25, -0.2) is 0 Å². The van der Waals surface area contributed by atoms with Crippen LogP contribution in [-0.4, -0.2) is 19.6 Å². The molecule has 1 aliphatic heterocycles. The van der Waals surface area contributed by atoms with E-state index in [1.165, 1.54) is 17.7 Å². The van der Waals surface area contributed by atoms with Crippen LogP contribution in [0.25, 0.3) is 0 Å². The van der Waals surface area contributed by atoms with E-state index in [0.717, 1.165) is 19.6 Å². The fourth-order valence-electron chi connectivity index (χ4n) is 2.38. The first-order valence-electron chi connectivity index (χ1n) is 6.60. The molecule has 1 unspecified atom stereocenters. The van der Waals surface area contributed by atoms with E-state index in [9.17, 15) is 0 Å². The van der Waals surface area contributed by atoms with Gasteiger partial charge in [0, 0.05) is 31.2 Å².